The normalized spacial score (nSPS) is 10.4. The van der Waals surface area contributed by atoms with Gasteiger partial charge in [0.15, 0.2) is 5.78 Å². The molecule has 2 rings (SSSR count). The Labute approximate surface area is 102 Å². The van der Waals surface area contributed by atoms with Crippen molar-refractivity contribution < 1.29 is 4.79 Å². The molecule has 0 aliphatic heterocycles. The van der Waals surface area contributed by atoms with E-state index in [1.807, 2.05) is 0 Å². The van der Waals surface area contributed by atoms with Gasteiger partial charge in [-0.25, -0.2) is 4.68 Å². The van der Waals surface area contributed by atoms with E-state index in [9.17, 15) is 4.79 Å². The van der Waals surface area contributed by atoms with Gasteiger partial charge in [-0.05, 0) is 18.2 Å². The highest BCUT2D eigenvalue weighted by Crippen LogP contribution is 2.24. The molecule has 82 valence electrons. The van der Waals surface area contributed by atoms with Crippen LogP contribution in [0.2, 0.25) is 10.0 Å². The average Bonchev–Trinajstić information content (AvgIpc) is 2.71. The average molecular weight is 256 g/mol. The third kappa shape index (κ3) is 1.94. The summed E-state index contributed by atoms with van der Waals surface area (Å²) in [6, 6.07) is 4.99. The summed E-state index contributed by atoms with van der Waals surface area (Å²) in [5.74, 6) is -0.115. The van der Waals surface area contributed by atoms with Crippen LogP contribution in [0.3, 0.4) is 0 Å². The second kappa shape index (κ2) is 4.23. The molecule has 16 heavy (non-hydrogen) atoms. The van der Waals surface area contributed by atoms with Gasteiger partial charge in [0.1, 0.15) is 5.69 Å². The van der Waals surface area contributed by atoms with Crippen LogP contribution in [0.25, 0.3) is 5.69 Å². The SMILES string of the molecule is CC(=O)c1cnnn1-c1ccc(Cl)c(Cl)c1. The molecule has 1 heterocycles. The van der Waals surface area contributed by atoms with E-state index in [4.69, 9.17) is 23.2 Å². The van der Waals surface area contributed by atoms with Gasteiger partial charge in [0, 0.05) is 6.92 Å². The Hall–Kier alpha value is -1.39. The molecule has 0 N–H and O–H groups in total. The molecule has 0 aliphatic carbocycles. The predicted octanol–water partition coefficient (Wildman–Crippen LogP) is 2.78. The molecule has 0 aliphatic rings. The molecule has 1 aromatic carbocycles. The number of aromatic nitrogens is 3. The van der Waals surface area contributed by atoms with Crippen molar-refractivity contribution in [2.24, 2.45) is 0 Å². The molecule has 2 aromatic rings. The Morgan fingerprint density at radius 3 is 2.69 bits per heavy atom. The second-order valence-corrected chi connectivity index (χ2v) is 4.00. The molecule has 1 aromatic heterocycles. The van der Waals surface area contributed by atoms with Crippen molar-refractivity contribution in [3.8, 4) is 5.69 Å². The van der Waals surface area contributed by atoms with Gasteiger partial charge >= 0.3 is 0 Å². The van der Waals surface area contributed by atoms with Crippen molar-refractivity contribution in [3.63, 3.8) is 0 Å². The van der Waals surface area contributed by atoms with Crippen LogP contribution in [0.15, 0.2) is 24.4 Å². The van der Waals surface area contributed by atoms with Crippen molar-refractivity contribution in [3.05, 3.63) is 40.1 Å². The molecule has 0 unspecified atom stereocenters. The molecule has 0 saturated carbocycles. The van der Waals surface area contributed by atoms with Crippen molar-refractivity contribution in [2.75, 3.05) is 0 Å². The number of hydrogen-bond acceptors (Lipinski definition) is 3. The first-order valence-electron chi connectivity index (χ1n) is 4.46. The highest BCUT2D eigenvalue weighted by Gasteiger charge is 2.11. The molecule has 6 heteroatoms. The number of ketones is 1. The number of carbonyl (C=O) groups is 1. The Morgan fingerprint density at radius 2 is 2.06 bits per heavy atom. The van der Waals surface area contributed by atoms with Gasteiger partial charge in [0.05, 0.1) is 21.9 Å². The van der Waals surface area contributed by atoms with E-state index < -0.39 is 0 Å². The lowest BCUT2D eigenvalue weighted by Crippen LogP contribution is -2.05. The molecule has 0 atom stereocenters. The maximum absolute atomic E-state index is 11.3. The number of Topliss-reactive ketones (excluding diaryl/α,β-unsaturated/α-hetero) is 1. The summed E-state index contributed by atoms with van der Waals surface area (Å²) in [5, 5.41) is 8.37. The second-order valence-electron chi connectivity index (χ2n) is 3.19. The van der Waals surface area contributed by atoms with E-state index in [-0.39, 0.29) is 5.78 Å². The zero-order chi connectivity index (χ0) is 11.7. The summed E-state index contributed by atoms with van der Waals surface area (Å²) in [7, 11) is 0. The number of hydrogen-bond donors (Lipinski definition) is 0. The largest absolute Gasteiger partial charge is 0.293 e. The number of rotatable bonds is 2. The van der Waals surface area contributed by atoms with Gasteiger partial charge in [-0.15, -0.1) is 5.10 Å². The van der Waals surface area contributed by atoms with Crippen LogP contribution >= 0.6 is 23.2 Å². The first-order chi connectivity index (χ1) is 7.59. The standard InChI is InChI=1S/C10H7Cl2N3O/c1-6(16)10-5-13-14-15(10)7-2-3-8(11)9(12)4-7/h2-5H,1H3. The Kier molecular flexibility index (Phi) is 2.94. The van der Waals surface area contributed by atoms with Crippen LogP contribution in [0, 0.1) is 0 Å². The fraction of sp³-hybridized carbons (Fsp3) is 0.100. The van der Waals surface area contributed by atoms with Gasteiger partial charge in [-0.2, -0.15) is 0 Å². The minimum Gasteiger partial charge on any atom is -0.293 e. The van der Waals surface area contributed by atoms with Gasteiger partial charge in [-0.3, -0.25) is 4.79 Å². The molecular weight excluding hydrogens is 249 g/mol. The van der Waals surface area contributed by atoms with Crippen LogP contribution < -0.4 is 0 Å². The summed E-state index contributed by atoms with van der Waals surface area (Å²) in [6.45, 7) is 1.45. The van der Waals surface area contributed by atoms with E-state index in [0.717, 1.165) is 0 Å². The van der Waals surface area contributed by atoms with Gasteiger partial charge in [-0.1, -0.05) is 28.4 Å². The van der Waals surface area contributed by atoms with E-state index in [1.54, 1.807) is 18.2 Å². The smallest absolute Gasteiger partial charge is 0.179 e. The summed E-state index contributed by atoms with van der Waals surface area (Å²) >= 11 is 11.7. The molecule has 0 saturated heterocycles. The minimum atomic E-state index is -0.115. The molecule has 0 fully saturated rings. The predicted molar refractivity (Wildman–Crippen MR) is 61.4 cm³/mol. The number of carbonyl (C=O) groups excluding carboxylic acids is 1. The monoisotopic (exact) mass is 255 g/mol. The maximum Gasteiger partial charge on any atom is 0.179 e. The lowest BCUT2D eigenvalue weighted by atomic mass is 10.3. The fourth-order valence-electron chi connectivity index (χ4n) is 1.28. The van der Waals surface area contributed by atoms with Gasteiger partial charge < -0.3 is 0 Å². The Morgan fingerprint density at radius 1 is 1.31 bits per heavy atom. The number of nitrogens with zero attached hydrogens (tertiary/aromatic N) is 3. The van der Waals surface area contributed by atoms with Crippen molar-refractivity contribution in [1.82, 2.24) is 15.0 Å². The minimum absolute atomic E-state index is 0.115. The molecule has 4 nitrogen and oxygen atoms in total. The van der Waals surface area contributed by atoms with Crippen LogP contribution in [0.4, 0.5) is 0 Å². The highest BCUT2D eigenvalue weighted by molar-refractivity contribution is 6.42. The quantitative estimate of drug-likeness (QED) is 0.776. The molecule has 0 bridgehead atoms. The third-order valence-electron chi connectivity index (χ3n) is 2.06. The summed E-state index contributed by atoms with van der Waals surface area (Å²) in [5.41, 5.74) is 1.05. The molecule has 0 spiro atoms. The van der Waals surface area contributed by atoms with Crippen molar-refractivity contribution >= 4 is 29.0 Å². The topological polar surface area (TPSA) is 47.8 Å². The number of halogens is 2. The first kappa shape index (κ1) is 11.1. The summed E-state index contributed by atoms with van der Waals surface area (Å²) < 4.78 is 1.42. The van der Waals surface area contributed by atoms with Gasteiger partial charge in [0.25, 0.3) is 0 Å². The zero-order valence-corrected chi connectivity index (χ0v) is 9.83. The van der Waals surface area contributed by atoms with E-state index >= 15 is 0 Å². The van der Waals surface area contributed by atoms with E-state index in [0.29, 0.717) is 21.4 Å². The summed E-state index contributed by atoms with van der Waals surface area (Å²) in [4.78, 5) is 11.3. The van der Waals surface area contributed by atoms with Gasteiger partial charge in [0.2, 0.25) is 0 Å². The highest BCUT2D eigenvalue weighted by atomic mass is 35.5. The fourth-order valence-corrected chi connectivity index (χ4v) is 1.57. The number of benzene rings is 1. The lowest BCUT2D eigenvalue weighted by molar-refractivity contribution is 0.101. The van der Waals surface area contributed by atoms with Crippen LogP contribution in [0.5, 0.6) is 0 Å². The third-order valence-corrected chi connectivity index (χ3v) is 2.80. The lowest BCUT2D eigenvalue weighted by Gasteiger charge is -2.04. The van der Waals surface area contributed by atoms with Crippen LogP contribution in [-0.4, -0.2) is 20.8 Å². The van der Waals surface area contributed by atoms with Crippen molar-refractivity contribution in [2.45, 2.75) is 6.92 Å². The van der Waals surface area contributed by atoms with Crippen molar-refractivity contribution in [1.29, 1.82) is 0 Å². The molecule has 0 radical (unpaired) electrons. The maximum atomic E-state index is 11.3. The van der Waals surface area contributed by atoms with E-state index in [2.05, 4.69) is 10.3 Å². The van der Waals surface area contributed by atoms with Crippen LogP contribution in [-0.2, 0) is 0 Å². The summed E-state index contributed by atoms with van der Waals surface area (Å²) in [6.07, 6.45) is 1.41. The van der Waals surface area contributed by atoms with E-state index in [1.165, 1.54) is 17.8 Å². The first-order valence-corrected chi connectivity index (χ1v) is 5.22. The Bertz CT molecular complexity index is 551. The zero-order valence-electron chi connectivity index (χ0n) is 8.32. The molecular formula is C10H7Cl2N3O. The Balaban J connectivity index is 2.54. The molecule has 0 amide bonds. The van der Waals surface area contributed by atoms with Crippen LogP contribution in [0.1, 0.15) is 17.4 Å².